The lowest BCUT2D eigenvalue weighted by Crippen LogP contribution is -2.46. The van der Waals surface area contributed by atoms with Crippen LogP contribution in [0.15, 0.2) is 0 Å². The summed E-state index contributed by atoms with van der Waals surface area (Å²) in [6, 6.07) is 0.223. The monoisotopic (exact) mass is 255 g/mol. The summed E-state index contributed by atoms with van der Waals surface area (Å²) >= 11 is 0. The molecule has 1 aliphatic heterocycles. The highest BCUT2D eigenvalue weighted by Gasteiger charge is 2.40. The summed E-state index contributed by atoms with van der Waals surface area (Å²) in [4.78, 5) is 13.8. The van der Waals surface area contributed by atoms with E-state index in [1.165, 1.54) is 6.42 Å². The Balaban J connectivity index is 2.03. The van der Waals surface area contributed by atoms with Gasteiger partial charge in [0.1, 0.15) is 0 Å². The van der Waals surface area contributed by atoms with Crippen molar-refractivity contribution in [1.29, 1.82) is 0 Å². The molecule has 0 radical (unpaired) electrons. The molecule has 2 rings (SSSR count). The molecule has 0 amide bonds. The van der Waals surface area contributed by atoms with Gasteiger partial charge in [-0.1, -0.05) is 13.3 Å². The summed E-state index contributed by atoms with van der Waals surface area (Å²) in [5, 5.41) is 9.39. The van der Waals surface area contributed by atoms with Crippen molar-refractivity contribution in [3.63, 3.8) is 0 Å². The molecule has 2 aliphatic rings. The van der Waals surface area contributed by atoms with Crippen molar-refractivity contribution in [2.45, 2.75) is 51.2 Å². The van der Waals surface area contributed by atoms with Gasteiger partial charge in [0.15, 0.2) is 0 Å². The maximum absolute atomic E-state index is 11.4. The van der Waals surface area contributed by atoms with Crippen molar-refractivity contribution in [2.24, 2.45) is 11.8 Å². The normalized spacial score (nSPS) is 37.9. The van der Waals surface area contributed by atoms with E-state index in [-0.39, 0.29) is 12.0 Å². The van der Waals surface area contributed by atoms with Gasteiger partial charge in [-0.25, -0.2) is 0 Å². The largest absolute Gasteiger partial charge is 0.481 e. The van der Waals surface area contributed by atoms with E-state index in [1.807, 2.05) is 0 Å². The zero-order chi connectivity index (χ0) is 13.1. The molecule has 1 heterocycles. The third kappa shape index (κ3) is 2.86. The highest BCUT2D eigenvalue weighted by Crippen LogP contribution is 2.35. The van der Waals surface area contributed by atoms with Crippen molar-refractivity contribution in [1.82, 2.24) is 4.90 Å². The summed E-state index contributed by atoms with van der Waals surface area (Å²) < 4.78 is 5.39. The van der Waals surface area contributed by atoms with Gasteiger partial charge >= 0.3 is 5.97 Å². The fourth-order valence-electron chi connectivity index (χ4n) is 3.54. The van der Waals surface area contributed by atoms with Gasteiger partial charge in [-0.05, 0) is 31.6 Å². The van der Waals surface area contributed by atoms with E-state index in [9.17, 15) is 9.90 Å². The number of methoxy groups -OCH3 is 1. The van der Waals surface area contributed by atoms with Crippen LogP contribution in [0.5, 0.6) is 0 Å². The molecular formula is C14H25NO3. The van der Waals surface area contributed by atoms with Crippen LogP contribution >= 0.6 is 0 Å². The van der Waals surface area contributed by atoms with Crippen molar-refractivity contribution in [3.05, 3.63) is 0 Å². The second-order valence-electron chi connectivity index (χ2n) is 5.74. The Hall–Kier alpha value is -0.610. The molecule has 1 saturated carbocycles. The minimum atomic E-state index is -0.615. The van der Waals surface area contributed by atoms with E-state index in [0.29, 0.717) is 12.0 Å². The molecule has 2 fully saturated rings. The smallest absolute Gasteiger partial charge is 0.308 e. The van der Waals surface area contributed by atoms with Crippen LogP contribution in [-0.4, -0.2) is 48.3 Å². The number of hydrogen-bond acceptors (Lipinski definition) is 3. The predicted molar refractivity (Wildman–Crippen MR) is 69.5 cm³/mol. The summed E-state index contributed by atoms with van der Waals surface area (Å²) in [5.41, 5.74) is 0. The minimum absolute atomic E-state index is 0.177. The zero-order valence-corrected chi connectivity index (χ0v) is 11.5. The fourth-order valence-corrected chi connectivity index (χ4v) is 3.54. The molecule has 1 saturated heterocycles. The standard InChI is InChI=1S/C14H25NO3/c1-3-10-4-5-12(14(16)17)13(8-10)15-7-6-11(9-15)18-2/h10-13H,3-9H2,1-2H3,(H,16,17). The van der Waals surface area contributed by atoms with Crippen LogP contribution in [0.25, 0.3) is 0 Å². The fraction of sp³-hybridized carbons (Fsp3) is 0.929. The van der Waals surface area contributed by atoms with Gasteiger partial charge in [0.05, 0.1) is 12.0 Å². The first kappa shape index (κ1) is 13.8. The number of carboxylic acid groups (broad SMARTS) is 1. The molecule has 0 spiro atoms. The second kappa shape index (κ2) is 6.02. The second-order valence-corrected chi connectivity index (χ2v) is 5.74. The van der Waals surface area contributed by atoms with E-state index in [2.05, 4.69) is 11.8 Å². The molecule has 4 unspecified atom stereocenters. The molecule has 4 atom stereocenters. The maximum atomic E-state index is 11.4. The molecule has 0 aromatic carbocycles. The number of carboxylic acids is 1. The molecular weight excluding hydrogens is 230 g/mol. The lowest BCUT2D eigenvalue weighted by molar-refractivity contribution is -0.146. The van der Waals surface area contributed by atoms with E-state index >= 15 is 0 Å². The van der Waals surface area contributed by atoms with Crippen LogP contribution in [0.2, 0.25) is 0 Å². The third-order valence-electron chi connectivity index (χ3n) is 4.80. The molecule has 4 nitrogen and oxygen atoms in total. The lowest BCUT2D eigenvalue weighted by atomic mass is 9.76. The summed E-state index contributed by atoms with van der Waals surface area (Å²) in [5.74, 6) is -0.0916. The van der Waals surface area contributed by atoms with Gasteiger partial charge in [-0.3, -0.25) is 9.69 Å². The highest BCUT2D eigenvalue weighted by atomic mass is 16.5. The highest BCUT2D eigenvalue weighted by molar-refractivity contribution is 5.71. The quantitative estimate of drug-likeness (QED) is 0.834. The number of hydrogen-bond donors (Lipinski definition) is 1. The molecule has 0 bridgehead atoms. The Morgan fingerprint density at radius 1 is 1.39 bits per heavy atom. The first-order chi connectivity index (χ1) is 8.65. The summed E-state index contributed by atoms with van der Waals surface area (Å²) in [6.45, 7) is 4.11. The van der Waals surface area contributed by atoms with E-state index in [1.54, 1.807) is 7.11 Å². The number of ether oxygens (including phenoxy) is 1. The maximum Gasteiger partial charge on any atom is 0.308 e. The number of nitrogens with zero attached hydrogens (tertiary/aromatic N) is 1. The zero-order valence-electron chi connectivity index (χ0n) is 11.5. The number of carbonyl (C=O) groups is 1. The van der Waals surface area contributed by atoms with Crippen LogP contribution in [0, 0.1) is 11.8 Å². The molecule has 104 valence electrons. The van der Waals surface area contributed by atoms with Gasteiger partial charge in [0.25, 0.3) is 0 Å². The molecule has 1 N–H and O–H groups in total. The molecule has 4 heteroatoms. The van der Waals surface area contributed by atoms with Crippen LogP contribution in [0.4, 0.5) is 0 Å². The van der Waals surface area contributed by atoms with Gasteiger partial charge in [0.2, 0.25) is 0 Å². The Labute approximate surface area is 109 Å². The Morgan fingerprint density at radius 2 is 2.17 bits per heavy atom. The van der Waals surface area contributed by atoms with Crippen LogP contribution in [0.1, 0.15) is 39.0 Å². The van der Waals surface area contributed by atoms with Crippen LogP contribution < -0.4 is 0 Å². The van der Waals surface area contributed by atoms with E-state index in [4.69, 9.17) is 4.74 Å². The molecule has 0 aromatic rings. The Kier molecular flexibility index (Phi) is 4.62. The summed E-state index contributed by atoms with van der Waals surface area (Å²) in [6.07, 6.45) is 5.46. The van der Waals surface area contributed by atoms with Crippen LogP contribution in [0.3, 0.4) is 0 Å². The topological polar surface area (TPSA) is 49.8 Å². The Morgan fingerprint density at radius 3 is 2.72 bits per heavy atom. The third-order valence-corrected chi connectivity index (χ3v) is 4.80. The van der Waals surface area contributed by atoms with Gasteiger partial charge in [0, 0.05) is 26.2 Å². The van der Waals surface area contributed by atoms with E-state index < -0.39 is 5.97 Å². The molecule has 1 aliphatic carbocycles. The predicted octanol–water partition coefficient (Wildman–Crippen LogP) is 1.99. The lowest BCUT2D eigenvalue weighted by Gasteiger charge is -2.39. The van der Waals surface area contributed by atoms with Crippen molar-refractivity contribution in [3.8, 4) is 0 Å². The van der Waals surface area contributed by atoms with Gasteiger partial charge in [-0.15, -0.1) is 0 Å². The first-order valence-corrected chi connectivity index (χ1v) is 7.15. The van der Waals surface area contributed by atoms with E-state index in [0.717, 1.165) is 38.8 Å². The molecule has 18 heavy (non-hydrogen) atoms. The SMILES string of the molecule is CCC1CCC(C(=O)O)C(N2CCC(OC)C2)C1. The van der Waals surface area contributed by atoms with Crippen LogP contribution in [-0.2, 0) is 9.53 Å². The van der Waals surface area contributed by atoms with Crippen molar-refractivity contribution >= 4 is 5.97 Å². The van der Waals surface area contributed by atoms with Crippen molar-refractivity contribution in [2.75, 3.05) is 20.2 Å². The number of likely N-dealkylation sites (tertiary alicyclic amines) is 1. The average Bonchev–Trinajstić information content (AvgIpc) is 2.86. The average molecular weight is 255 g/mol. The molecule has 0 aromatic heterocycles. The number of aliphatic carboxylic acids is 1. The van der Waals surface area contributed by atoms with Crippen molar-refractivity contribution < 1.29 is 14.6 Å². The Bertz CT molecular complexity index is 295. The van der Waals surface area contributed by atoms with Gasteiger partial charge in [-0.2, -0.15) is 0 Å². The first-order valence-electron chi connectivity index (χ1n) is 7.15. The van der Waals surface area contributed by atoms with Gasteiger partial charge < -0.3 is 9.84 Å². The summed E-state index contributed by atoms with van der Waals surface area (Å²) in [7, 11) is 1.75. The minimum Gasteiger partial charge on any atom is -0.481 e. The number of rotatable bonds is 4.